The van der Waals surface area contributed by atoms with Gasteiger partial charge in [0.2, 0.25) is 0 Å². The standard InChI is InChI=1S/C13H8FNO2/c14-9-3-4-10-11(6-9)12(17-13(10)16)8-2-1-5-15-7-8/h1-7,12H. The van der Waals surface area contributed by atoms with Crippen molar-refractivity contribution >= 4 is 5.97 Å². The van der Waals surface area contributed by atoms with Crippen molar-refractivity contribution in [1.29, 1.82) is 0 Å². The van der Waals surface area contributed by atoms with Crippen molar-refractivity contribution in [3.05, 3.63) is 65.2 Å². The number of carbonyl (C=O) groups excluding carboxylic acids is 1. The molecule has 0 saturated carbocycles. The molecule has 1 atom stereocenters. The lowest BCUT2D eigenvalue weighted by Gasteiger charge is -2.09. The zero-order valence-corrected chi connectivity index (χ0v) is 8.76. The molecule has 0 bridgehead atoms. The van der Waals surface area contributed by atoms with Crippen molar-refractivity contribution < 1.29 is 13.9 Å². The Hall–Kier alpha value is -2.23. The SMILES string of the molecule is O=C1OC(c2cccnc2)c2cc(F)ccc21. The summed E-state index contributed by atoms with van der Waals surface area (Å²) >= 11 is 0. The van der Waals surface area contributed by atoms with Crippen LogP contribution in [0.25, 0.3) is 0 Å². The summed E-state index contributed by atoms with van der Waals surface area (Å²) in [4.78, 5) is 15.6. The van der Waals surface area contributed by atoms with E-state index in [9.17, 15) is 9.18 Å². The van der Waals surface area contributed by atoms with Gasteiger partial charge in [-0.15, -0.1) is 0 Å². The molecule has 1 unspecified atom stereocenters. The van der Waals surface area contributed by atoms with Crippen LogP contribution in [0.15, 0.2) is 42.7 Å². The Balaban J connectivity index is 2.13. The highest BCUT2D eigenvalue weighted by atomic mass is 19.1. The maximum atomic E-state index is 13.2. The van der Waals surface area contributed by atoms with Gasteiger partial charge in [-0.2, -0.15) is 0 Å². The van der Waals surface area contributed by atoms with Crippen molar-refractivity contribution in [3.8, 4) is 0 Å². The number of fused-ring (bicyclic) bond motifs is 1. The first kappa shape index (κ1) is 9.96. The first-order valence-electron chi connectivity index (χ1n) is 5.16. The molecule has 0 saturated heterocycles. The van der Waals surface area contributed by atoms with Crippen LogP contribution in [0.1, 0.15) is 27.6 Å². The van der Waals surface area contributed by atoms with Crippen LogP contribution in [0.3, 0.4) is 0 Å². The van der Waals surface area contributed by atoms with Crippen LogP contribution in [0.4, 0.5) is 4.39 Å². The Morgan fingerprint density at radius 2 is 2.18 bits per heavy atom. The maximum Gasteiger partial charge on any atom is 0.339 e. The number of aromatic nitrogens is 1. The molecule has 1 aliphatic heterocycles. The van der Waals surface area contributed by atoms with E-state index in [4.69, 9.17) is 4.74 Å². The fourth-order valence-corrected chi connectivity index (χ4v) is 1.95. The molecular weight excluding hydrogens is 221 g/mol. The highest BCUT2D eigenvalue weighted by molar-refractivity contribution is 5.94. The third kappa shape index (κ3) is 1.58. The molecule has 2 aromatic rings. The van der Waals surface area contributed by atoms with Crippen LogP contribution in [-0.2, 0) is 4.74 Å². The van der Waals surface area contributed by atoms with Gasteiger partial charge in [0.1, 0.15) is 5.82 Å². The van der Waals surface area contributed by atoms with Crippen LogP contribution in [-0.4, -0.2) is 11.0 Å². The van der Waals surface area contributed by atoms with Gasteiger partial charge in [0.15, 0.2) is 6.10 Å². The summed E-state index contributed by atoms with van der Waals surface area (Å²) in [6.07, 6.45) is 2.69. The lowest BCUT2D eigenvalue weighted by Crippen LogP contribution is -2.00. The molecule has 0 aliphatic carbocycles. The summed E-state index contributed by atoms with van der Waals surface area (Å²) in [5.74, 6) is -0.801. The average Bonchev–Trinajstić information content (AvgIpc) is 2.67. The van der Waals surface area contributed by atoms with Crippen molar-refractivity contribution in [3.63, 3.8) is 0 Å². The quantitative estimate of drug-likeness (QED) is 0.705. The number of carbonyl (C=O) groups is 1. The van der Waals surface area contributed by atoms with Crippen molar-refractivity contribution in [2.24, 2.45) is 0 Å². The third-order valence-corrected chi connectivity index (χ3v) is 2.73. The Bertz CT molecular complexity index is 583. The highest BCUT2D eigenvalue weighted by Crippen LogP contribution is 2.35. The molecule has 0 spiro atoms. The Morgan fingerprint density at radius 3 is 2.94 bits per heavy atom. The molecule has 17 heavy (non-hydrogen) atoms. The summed E-state index contributed by atoms with van der Waals surface area (Å²) in [5, 5.41) is 0. The Kier molecular flexibility index (Phi) is 2.14. The van der Waals surface area contributed by atoms with Gasteiger partial charge in [0.05, 0.1) is 5.56 Å². The number of hydrogen-bond donors (Lipinski definition) is 0. The van der Waals surface area contributed by atoms with Gasteiger partial charge < -0.3 is 4.74 Å². The van der Waals surface area contributed by atoms with Gasteiger partial charge in [0.25, 0.3) is 0 Å². The number of cyclic esters (lactones) is 1. The summed E-state index contributed by atoms with van der Waals surface area (Å²) in [6, 6.07) is 7.58. The van der Waals surface area contributed by atoms with Crippen LogP contribution in [0.5, 0.6) is 0 Å². The fourth-order valence-electron chi connectivity index (χ4n) is 1.95. The minimum atomic E-state index is -0.554. The molecule has 0 fully saturated rings. The van der Waals surface area contributed by atoms with E-state index in [1.807, 2.05) is 0 Å². The van der Waals surface area contributed by atoms with Crippen molar-refractivity contribution in [2.45, 2.75) is 6.10 Å². The van der Waals surface area contributed by atoms with E-state index in [1.54, 1.807) is 24.5 Å². The minimum absolute atomic E-state index is 0.379. The zero-order chi connectivity index (χ0) is 11.8. The summed E-state index contributed by atoms with van der Waals surface area (Å²) in [7, 11) is 0. The normalized spacial score (nSPS) is 17.7. The molecule has 1 aliphatic rings. The average molecular weight is 229 g/mol. The second-order valence-electron chi connectivity index (χ2n) is 3.80. The molecular formula is C13H8FNO2. The molecule has 1 aromatic carbocycles. The van der Waals surface area contributed by atoms with Crippen molar-refractivity contribution in [2.75, 3.05) is 0 Å². The van der Waals surface area contributed by atoms with Gasteiger partial charge in [-0.3, -0.25) is 4.98 Å². The lowest BCUT2D eigenvalue weighted by molar-refractivity contribution is 0.0455. The lowest BCUT2D eigenvalue weighted by atomic mass is 10.0. The number of hydrogen-bond acceptors (Lipinski definition) is 3. The molecule has 84 valence electrons. The highest BCUT2D eigenvalue weighted by Gasteiger charge is 2.32. The van der Waals surface area contributed by atoms with E-state index in [0.717, 1.165) is 5.56 Å². The number of rotatable bonds is 1. The van der Waals surface area contributed by atoms with Crippen LogP contribution in [0.2, 0.25) is 0 Å². The largest absolute Gasteiger partial charge is 0.449 e. The summed E-state index contributed by atoms with van der Waals surface area (Å²) in [6.45, 7) is 0. The molecule has 2 heterocycles. The maximum absolute atomic E-state index is 13.2. The van der Waals surface area contributed by atoms with Gasteiger partial charge in [0, 0.05) is 23.5 Å². The second kappa shape index (κ2) is 3.66. The smallest absolute Gasteiger partial charge is 0.339 e. The molecule has 3 rings (SSSR count). The Labute approximate surface area is 96.9 Å². The topological polar surface area (TPSA) is 39.2 Å². The second-order valence-corrected chi connectivity index (χ2v) is 3.80. The van der Waals surface area contributed by atoms with E-state index < -0.39 is 12.1 Å². The molecule has 1 aromatic heterocycles. The minimum Gasteiger partial charge on any atom is -0.449 e. The number of halogens is 1. The predicted molar refractivity (Wildman–Crippen MR) is 57.9 cm³/mol. The number of ether oxygens (including phenoxy) is 1. The van der Waals surface area contributed by atoms with Crippen LogP contribution in [0, 0.1) is 5.82 Å². The van der Waals surface area contributed by atoms with E-state index in [1.165, 1.54) is 18.2 Å². The van der Waals surface area contributed by atoms with E-state index in [-0.39, 0.29) is 5.82 Å². The molecule has 0 amide bonds. The van der Waals surface area contributed by atoms with Gasteiger partial charge in [-0.05, 0) is 24.3 Å². The van der Waals surface area contributed by atoms with Crippen LogP contribution >= 0.6 is 0 Å². The van der Waals surface area contributed by atoms with Crippen LogP contribution < -0.4 is 0 Å². The number of esters is 1. The fraction of sp³-hybridized carbons (Fsp3) is 0.0769. The van der Waals surface area contributed by atoms with E-state index in [2.05, 4.69) is 4.98 Å². The molecule has 3 nitrogen and oxygen atoms in total. The molecule has 4 heteroatoms. The van der Waals surface area contributed by atoms with Gasteiger partial charge >= 0.3 is 5.97 Å². The number of nitrogens with zero attached hydrogens (tertiary/aromatic N) is 1. The van der Waals surface area contributed by atoms with Gasteiger partial charge in [-0.25, -0.2) is 9.18 Å². The van der Waals surface area contributed by atoms with Crippen molar-refractivity contribution in [1.82, 2.24) is 4.98 Å². The first-order valence-corrected chi connectivity index (χ1v) is 5.16. The molecule has 0 N–H and O–H groups in total. The van der Waals surface area contributed by atoms with Gasteiger partial charge in [-0.1, -0.05) is 6.07 Å². The number of benzene rings is 1. The monoisotopic (exact) mass is 229 g/mol. The third-order valence-electron chi connectivity index (χ3n) is 2.73. The zero-order valence-electron chi connectivity index (χ0n) is 8.76. The Morgan fingerprint density at radius 1 is 1.29 bits per heavy atom. The molecule has 0 radical (unpaired) electrons. The number of pyridine rings is 1. The first-order chi connectivity index (χ1) is 8.25. The predicted octanol–water partition coefficient (Wildman–Crippen LogP) is 2.48. The van der Waals surface area contributed by atoms with E-state index >= 15 is 0 Å². The summed E-state index contributed by atoms with van der Waals surface area (Å²) < 4.78 is 18.4. The summed E-state index contributed by atoms with van der Waals surface area (Å²) in [5.41, 5.74) is 1.72. The van der Waals surface area contributed by atoms with E-state index in [0.29, 0.717) is 11.1 Å².